The number of esters is 1. The molecule has 1 aromatic heterocycles. The zero-order valence-corrected chi connectivity index (χ0v) is 17.4. The van der Waals surface area contributed by atoms with Crippen molar-refractivity contribution in [3.8, 4) is 0 Å². The van der Waals surface area contributed by atoms with E-state index in [0.717, 1.165) is 11.3 Å². The summed E-state index contributed by atoms with van der Waals surface area (Å²) in [6, 6.07) is 6.38. The molecule has 30 heavy (non-hydrogen) atoms. The fourth-order valence-electron chi connectivity index (χ4n) is 2.22. The Labute approximate surface area is 176 Å². The summed E-state index contributed by atoms with van der Waals surface area (Å²) in [5, 5.41) is 17.1. The summed E-state index contributed by atoms with van der Waals surface area (Å²) in [4.78, 5) is 43.4. The molecule has 160 valence electrons. The number of carbonyl (C=O) groups excluding carboxylic acids is 2. The number of nitrogens with zero attached hydrogens (tertiary/aromatic N) is 2. The quantitative estimate of drug-likeness (QED) is 0.235. The first-order valence-electron chi connectivity index (χ1n) is 8.81. The molecule has 0 saturated carbocycles. The second-order valence-electron chi connectivity index (χ2n) is 7.00. The Balaban J connectivity index is 2.17. The molecule has 1 atom stereocenters. The van der Waals surface area contributed by atoms with Crippen molar-refractivity contribution in [1.29, 1.82) is 0 Å². The zero-order valence-electron chi connectivity index (χ0n) is 16.6. The molecular weight excluding hydrogens is 412 g/mol. The zero-order chi connectivity index (χ0) is 22.3. The smallest absolute Gasteiger partial charge is 0.360 e. The highest BCUT2D eigenvalue weighted by molar-refractivity contribution is 7.14. The fraction of sp³-hybridized carbons (Fsp3) is 0.316. The first kappa shape index (κ1) is 23.0. The summed E-state index contributed by atoms with van der Waals surface area (Å²) in [7, 11) is 0. The molecule has 0 saturated heterocycles. The number of amides is 1. The second kappa shape index (κ2) is 9.94. The van der Waals surface area contributed by atoms with Gasteiger partial charge in [0.25, 0.3) is 0 Å². The van der Waals surface area contributed by atoms with E-state index in [1.54, 1.807) is 45.0 Å². The fourth-order valence-corrected chi connectivity index (χ4v) is 2.88. The van der Waals surface area contributed by atoms with Crippen LogP contribution in [-0.2, 0) is 19.2 Å². The van der Waals surface area contributed by atoms with Gasteiger partial charge in [-0.2, -0.15) is 0 Å². The number of thiazole rings is 1. The van der Waals surface area contributed by atoms with Crippen LogP contribution >= 0.6 is 11.3 Å². The number of carboxylic acid groups (broad SMARTS) is 1. The van der Waals surface area contributed by atoms with E-state index in [1.165, 1.54) is 5.38 Å². The van der Waals surface area contributed by atoms with Crippen LogP contribution in [0, 0.1) is 0 Å². The lowest BCUT2D eigenvalue weighted by atomic mass is 10.1. The summed E-state index contributed by atoms with van der Waals surface area (Å²) in [6.45, 7) is 5.33. The summed E-state index contributed by atoms with van der Waals surface area (Å²) >= 11 is 1.04. The number of nitrogens with two attached hydrogens (primary N) is 1. The van der Waals surface area contributed by atoms with E-state index in [-0.39, 0.29) is 17.4 Å². The molecule has 1 heterocycles. The Morgan fingerprint density at radius 1 is 1.33 bits per heavy atom. The number of hydrogen-bond acceptors (Lipinski definition) is 9. The first-order valence-corrected chi connectivity index (χ1v) is 9.69. The molecule has 10 nitrogen and oxygen atoms in total. The standard InChI is InChI=1S/C19H22N4O6S/c1-19(2,3)28-17(27)12-6-4-11(5-7-12)14(8-20)29-23-15(16(25)26)13-9-30-18(22-13)21-10-24/h4-7,9-10,14H,8,20H2,1-3H3,(H,25,26)(H,21,22,24). The van der Waals surface area contributed by atoms with Crippen LogP contribution in [0.25, 0.3) is 0 Å². The number of anilines is 1. The molecule has 0 radical (unpaired) electrons. The van der Waals surface area contributed by atoms with E-state index in [1.807, 2.05) is 0 Å². The topological polar surface area (TPSA) is 153 Å². The van der Waals surface area contributed by atoms with E-state index in [0.29, 0.717) is 17.5 Å². The minimum Gasteiger partial charge on any atom is -0.476 e. The summed E-state index contributed by atoms with van der Waals surface area (Å²) in [5.74, 6) is -1.82. The van der Waals surface area contributed by atoms with Gasteiger partial charge >= 0.3 is 11.9 Å². The maximum absolute atomic E-state index is 12.1. The molecule has 0 bridgehead atoms. The van der Waals surface area contributed by atoms with Gasteiger partial charge in [-0.1, -0.05) is 17.3 Å². The average Bonchev–Trinajstić information content (AvgIpc) is 3.12. The number of rotatable bonds is 9. The van der Waals surface area contributed by atoms with Crippen molar-refractivity contribution in [3.63, 3.8) is 0 Å². The molecule has 4 N–H and O–H groups in total. The number of nitrogens with one attached hydrogen (secondary N) is 1. The van der Waals surface area contributed by atoms with E-state index in [2.05, 4.69) is 15.5 Å². The Bertz CT molecular complexity index is 933. The molecule has 2 rings (SSSR count). The van der Waals surface area contributed by atoms with E-state index < -0.39 is 29.4 Å². The first-order chi connectivity index (χ1) is 14.1. The van der Waals surface area contributed by atoms with Crippen LogP contribution < -0.4 is 11.1 Å². The van der Waals surface area contributed by atoms with Gasteiger partial charge in [0.1, 0.15) is 11.3 Å². The SMILES string of the molecule is CC(C)(C)OC(=O)c1ccc(C(CN)ON=C(C(=O)O)c2csc(NC=O)n2)cc1. The molecule has 11 heteroatoms. The maximum atomic E-state index is 12.1. The Morgan fingerprint density at radius 2 is 2.00 bits per heavy atom. The third-order valence-electron chi connectivity index (χ3n) is 3.53. The number of aromatic nitrogens is 1. The molecule has 0 aliphatic heterocycles. The molecule has 0 spiro atoms. The van der Waals surface area contributed by atoms with Crippen molar-refractivity contribution in [2.45, 2.75) is 32.5 Å². The minimum absolute atomic E-state index is 0.0111. The molecule has 0 aliphatic carbocycles. The molecule has 1 unspecified atom stereocenters. The Morgan fingerprint density at radius 3 is 2.53 bits per heavy atom. The number of benzene rings is 1. The van der Waals surface area contributed by atoms with Crippen molar-refractivity contribution in [3.05, 3.63) is 46.5 Å². The third kappa shape index (κ3) is 6.36. The van der Waals surface area contributed by atoms with Gasteiger partial charge in [-0.15, -0.1) is 11.3 Å². The van der Waals surface area contributed by atoms with Crippen LogP contribution in [0.15, 0.2) is 34.8 Å². The average molecular weight is 434 g/mol. The van der Waals surface area contributed by atoms with Crippen LogP contribution in [0.1, 0.15) is 48.5 Å². The van der Waals surface area contributed by atoms with Gasteiger partial charge < -0.3 is 25.7 Å². The van der Waals surface area contributed by atoms with Crippen molar-refractivity contribution in [1.82, 2.24) is 4.98 Å². The van der Waals surface area contributed by atoms with Crippen LogP contribution in [0.3, 0.4) is 0 Å². The number of oxime groups is 1. The van der Waals surface area contributed by atoms with Gasteiger partial charge in [-0.05, 0) is 38.5 Å². The van der Waals surface area contributed by atoms with Crippen LogP contribution in [0.5, 0.6) is 0 Å². The van der Waals surface area contributed by atoms with Crippen molar-refractivity contribution in [2.75, 3.05) is 11.9 Å². The highest BCUT2D eigenvalue weighted by atomic mass is 32.1. The van der Waals surface area contributed by atoms with Crippen molar-refractivity contribution < 1.29 is 29.1 Å². The van der Waals surface area contributed by atoms with Crippen molar-refractivity contribution >= 4 is 40.5 Å². The largest absolute Gasteiger partial charge is 0.476 e. The van der Waals surface area contributed by atoms with Gasteiger partial charge in [-0.3, -0.25) is 4.79 Å². The lowest BCUT2D eigenvalue weighted by Gasteiger charge is -2.19. The minimum atomic E-state index is -1.35. The van der Waals surface area contributed by atoms with E-state index in [9.17, 15) is 19.5 Å². The lowest BCUT2D eigenvalue weighted by Crippen LogP contribution is -2.24. The molecule has 1 amide bonds. The van der Waals surface area contributed by atoms with Crippen LogP contribution in [-0.4, -0.2) is 46.3 Å². The molecule has 2 aromatic rings. The normalized spacial score (nSPS) is 12.7. The molecule has 1 aromatic carbocycles. The van der Waals surface area contributed by atoms with E-state index in [4.69, 9.17) is 15.3 Å². The van der Waals surface area contributed by atoms with Crippen LogP contribution in [0.2, 0.25) is 0 Å². The predicted octanol–water partition coefficient (Wildman–Crippen LogP) is 2.17. The Kier molecular flexibility index (Phi) is 7.61. The van der Waals surface area contributed by atoms with Gasteiger partial charge in [0.05, 0.1) is 5.56 Å². The molecule has 0 fully saturated rings. The lowest BCUT2D eigenvalue weighted by molar-refractivity contribution is -0.129. The number of ether oxygens (including phenoxy) is 1. The van der Waals surface area contributed by atoms with Gasteiger partial charge in [0, 0.05) is 11.9 Å². The van der Waals surface area contributed by atoms with Crippen molar-refractivity contribution in [2.24, 2.45) is 10.9 Å². The highest BCUT2D eigenvalue weighted by Crippen LogP contribution is 2.21. The van der Waals surface area contributed by atoms with E-state index >= 15 is 0 Å². The highest BCUT2D eigenvalue weighted by Gasteiger charge is 2.21. The van der Waals surface area contributed by atoms with Gasteiger partial charge in [0.2, 0.25) is 12.1 Å². The summed E-state index contributed by atoms with van der Waals surface area (Å²) in [6.07, 6.45) is -0.319. The molecule has 0 aliphatic rings. The Hall–Kier alpha value is -3.31. The van der Waals surface area contributed by atoms with Crippen LogP contribution in [0.4, 0.5) is 5.13 Å². The summed E-state index contributed by atoms with van der Waals surface area (Å²) in [5.41, 5.74) is 5.68. The second-order valence-corrected chi connectivity index (χ2v) is 7.86. The summed E-state index contributed by atoms with van der Waals surface area (Å²) < 4.78 is 5.31. The van der Waals surface area contributed by atoms with Gasteiger partial charge in [0.15, 0.2) is 11.2 Å². The predicted molar refractivity (Wildman–Crippen MR) is 110 cm³/mol. The number of aliphatic carboxylic acids is 1. The third-order valence-corrected chi connectivity index (χ3v) is 4.31. The number of carboxylic acids is 1. The van der Waals surface area contributed by atoms with Gasteiger partial charge in [-0.25, -0.2) is 14.6 Å². The monoisotopic (exact) mass is 434 g/mol. The number of hydrogen-bond donors (Lipinski definition) is 3. The maximum Gasteiger partial charge on any atom is 0.360 e. The number of carbonyl (C=O) groups is 3. The molecular formula is C19H22N4O6S.